The Kier molecular flexibility index (Phi) is 14.7. The lowest BCUT2D eigenvalue weighted by Gasteiger charge is -2.25. The minimum Gasteiger partial charge on any atom is -0.465 e. The zero-order valence-corrected chi connectivity index (χ0v) is 18.3. The third-order valence-electron chi connectivity index (χ3n) is 5.52. The molecular weight excluding hydrogens is 352 g/mol. The van der Waals surface area contributed by atoms with Crippen LogP contribution in [0.2, 0.25) is 0 Å². The number of rotatable bonds is 16. The Balaban J connectivity index is 2.24. The van der Waals surface area contributed by atoms with Gasteiger partial charge in [0, 0.05) is 0 Å². The molecule has 0 unspecified atom stereocenters. The Hall–Kier alpha value is -1.32. The van der Waals surface area contributed by atoms with E-state index < -0.39 is 0 Å². The summed E-state index contributed by atoms with van der Waals surface area (Å²) in [5, 5.41) is 0. The summed E-state index contributed by atoms with van der Waals surface area (Å²) in [5.41, 5.74) is 0. The second-order valence-electron chi connectivity index (χ2n) is 8.03. The van der Waals surface area contributed by atoms with Gasteiger partial charge in [-0.15, -0.1) is 0 Å². The minimum atomic E-state index is -0.387. The summed E-state index contributed by atoms with van der Waals surface area (Å²) in [6, 6.07) is 0. The van der Waals surface area contributed by atoms with Crippen molar-refractivity contribution < 1.29 is 19.1 Å². The Labute approximate surface area is 172 Å². The molecule has 2 atom stereocenters. The van der Waals surface area contributed by atoms with Gasteiger partial charge < -0.3 is 9.47 Å². The third-order valence-corrected chi connectivity index (χ3v) is 5.52. The van der Waals surface area contributed by atoms with E-state index in [4.69, 9.17) is 9.47 Å². The minimum absolute atomic E-state index is 0.237. The van der Waals surface area contributed by atoms with Gasteiger partial charge in [0.2, 0.25) is 0 Å². The van der Waals surface area contributed by atoms with Gasteiger partial charge in [0.15, 0.2) is 0 Å². The van der Waals surface area contributed by atoms with Gasteiger partial charge in [-0.1, -0.05) is 90.2 Å². The number of ether oxygens (including phenoxy) is 2. The molecule has 0 N–H and O–H groups in total. The maximum atomic E-state index is 12.5. The highest BCUT2D eigenvalue weighted by atomic mass is 16.5. The van der Waals surface area contributed by atoms with Crippen LogP contribution in [0.5, 0.6) is 0 Å². The number of esters is 2. The number of carbonyl (C=O) groups excluding carboxylic acids is 2. The molecule has 4 nitrogen and oxygen atoms in total. The van der Waals surface area contributed by atoms with Crippen molar-refractivity contribution in [1.82, 2.24) is 0 Å². The van der Waals surface area contributed by atoms with Crippen molar-refractivity contribution in [2.75, 3.05) is 13.2 Å². The molecule has 0 aromatic rings. The summed E-state index contributed by atoms with van der Waals surface area (Å²) in [6.45, 7) is 5.33. The predicted molar refractivity (Wildman–Crippen MR) is 114 cm³/mol. The SMILES string of the molecule is CCCCCCCCOC(=O)[C@@H]1CC=CC[C@H]1C(=O)OCCCCCCCC. The maximum Gasteiger partial charge on any atom is 0.310 e. The lowest BCUT2D eigenvalue weighted by molar-refractivity contribution is -0.161. The highest BCUT2D eigenvalue weighted by Crippen LogP contribution is 2.28. The van der Waals surface area contributed by atoms with Crippen molar-refractivity contribution in [3.8, 4) is 0 Å². The van der Waals surface area contributed by atoms with Gasteiger partial charge in [-0.3, -0.25) is 9.59 Å². The molecule has 0 saturated carbocycles. The van der Waals surface area contributed by atoms with E-state index in [1.165, 1.54) is 51.4 Å². The van der Waals surface area contributed by atoms with Crippen LogP contribution in [0, 0.1) is 11.8 Å². The number of allylic oxidation sites excluding steroid dienone is 2. The maximum absolute atomic E-state index is 12.5. The molecule has 1 rings (SSSR count). The van der Waals surface area contributed by atoms with E-state index >= 15 is 0 Å². The number of carbonyl (C=O) groups is 2. The average molecular weight is 395 g/mol. The van der Waals surface area contributed by atoms with Gasteiger partial charge in [0.1, 0.15) is 0 Å². The molecule has 4 heteroatoms. The Morgan fingerprint density at radius 1 is 0.643 bits per heavy atom. The van der Waals surface area contributed by atoms with Gasteiger partial charge in [0.25, 0.3) is 0 Å². The number of hydrogen-bond acceptors (Lipinski definition) is 4. The van der Waals surface area contributed by atoms with Crippen LogP contribution in [0.15, 0.2) is 12.2 Å². The van der Waals surface area contributed by atoms with Crippen LogP contribution in [0.4, 0.5) is 0 Å². The van der Waals surface area contributed by atoms with E-state index in [1.807, 2.05) is 12.2 Å². The molecule has 28 heavy (non-hydrogen) atoms. The van der Waals surface area contributed by atoms with Crippen molar-refractivity contribution >= 4 is 11.9 Å². The monoisotopic (exact) mass is 394 g/mol. The molecule has 0 spiro atoms. The van der Waals surface area contributed by atoms with Crippen molar-refractivity contribution in [3.63, 3.8) is 0 Å². The van der Waals surface area contributed by atoms with Crippen LogP contribution in [-0.2, 0) is 19.1 Å². The Bertz CT molecular complexity index is 404. The van der Waals surface area contributed by atoms with Crippen molar-refractivity contribution in [3.05, 3.63) is 12.2 Å². The molecule has 0 aromatic carbocycles. The number of unbranched alkanes of at least 4 members (excludes halogenated alkanes) is 10. The molecule has 0 aromatic heterocycles. The van der Waals surface area contributed by atoms with Crippen LogP contribution in [-0.4, -0.2) is 25.2 Å². The molecule has 0 heterocycles. The van der Waals surface area contributed by atoms with Gasteiger partial charge in [-0.25, -0.2) is 0 Å². The quantitative estimate of drug-likeness (QED) is 0.173. The Morgan fingerprint density at radius 2 is 1.00 bits per heavy atom. The van der Waals surface area contributed by atoms with Crippen LogP contribution >= 0.6 is 0 Å². The third kappa shape index (κ3) is 10.9. The molecule has 0 radical (unpaired) electrons. The number of hydrogen-bond donors (Lipinski definition) is 0. The molecule has 1 aliphatic rings. The van der Waals surface area contributed by atoms with Crippen molar-refractivity contribution in [2.45, 2.75) is 104 Å². The summed E-state index contributed by atoms with van der Waals surface area (Å²) in [5.74, 6) is -1.25. The van der Waals surface area contributed by atoms with Crippen LogP contribution in [0.1, 0.15) is 104 Å². The van der Waals surface area contributed by atoms with E-state index in [1.54, 1.807) is 0 Å². The molecule has 0 aliphatic heterocycles. The van der Waals surface area contributed by atoms with Crippen molar-refractivity contribution in [2.24, 2.45) is 11.8 Å². The molecule has 0 bridgehead atoms. The smallest absolute Gasteiger partial charge is 0.310 e. The summed E-state index contributed by atoms with van der Waals surface area (Å²) >= 11 is 0. The lowest BCUT2D eigenvalue weighted by atomic mass is 9.83. The lowest BCUT2D eigenvalue weighted by Crippen LogP contribution is -2.34. The summed E-state index contributed by atoms with van der Waals surface area (Å²) in [6.07, 6.45) is 19.1. The normalized spacial score (nSPS) is 18.8. The first-order valence-corrected chi connectivity index (χ1v) is 11.7. The topological polar surface area (TPSA) is 52.6 Å². The summed E-state index contributed by atoms with van der Waals surface area (Å²) in [4.78, 5) is 24.9. The highest BCUT2D eigenvalue weighted by molar-refractivity contribution is 5.82. The molecule has 0 fully saturated rings. The van der Waals surface area contributed by atoms with Crippen molar-refractivity contribution in [1.29, 1.82) is 0 Å². The van der Waals surface area contributed by atoms with Gasteiger partial charge in [-0.05, 0) is 25.7 Å². The molecule has 0 saturated heterocycles. The first-order chi connectivity index (χ1) is 13.7. The second kappa shape index (κ2) is 16.6. The molecular formula is C24H42O4. The first kappa shape index (κ1) is 24.7. The second-order valence-corrected chi connectivity index (χ2v) is 8.03. The molecule has 162 valence electrons. The average Bonchev–Trinajstić information content (AvgIpc) is 2.72. The predicted octanol–water partition coefficient (Wildman–Crippen LogP) is 6.38. The van der Waals surface area contributed by atoms with Gasteiger partial charge in [0.05, 0.1) is 25.0 Å². The fourth-order valence-corrected chi connectivity index (χ4v) is 3.66. The van der Waals surface area contributed by atoms with Crippen LogP contribution < -0.4 is 0 Å². The zero-order valence-electron chi connectivity index (χ0n) is 18.3. The summed E-state index contributed by atoms with van der Waals surface area (Å²) < 4.78 is 10.9. The van der Waals surface area contributed by atoms with E-state index in [0.29, 0.717) is 26.1 Å². The fraction of sp³-hybridized carbons (Fsp3) is 0.833. The fourth-order valence-electron chi connectivity index (χ4n) is 3.66. The molecule has 1 aliphatic carbocycles. The van der Waals surface area contributed by atoms with Crippen LogP contribution in [0.3, 0.4) is 0 Å². The standard InChI is InChI=1S/C24H42O4/c1-3-5-7-9-11-15-19-27-23(25)21-17-13-14-18-22(21)24(26)28-20-16-12-10-8-6-4-2/h13-14,21-22H,3-12,15-20H2,1-2H3/t21-,22-/m1/s1. The van der Waals surface area contributed by atoms with Gasteiger partial charge in [-0.2, -0.15) is 0 Å². The van der Waals surface area contributed by atoms with E-state index in [-0.39, 0.29) is 23.8 Å². The Morgan fingerprint density at radius 3 is 1.39 bits per heavy atom. The van der Waals surface area contributed by atoms with E-state index in [9.17, 15) is 9.59 Å². The summed E-state index contributed by atoms with van der Waals surface area (Å²) in [7, 11) is 0. The van der Waals surface area contributed by atoms with E-state index in [2.05, 4.69) is 13.8 Å². The zero-order chi connectivity index (χ0) is 20.5. The highest BCUT2D eigenvalue weighted by Gasteiger charge is 2.36. The van der Waals surface area contributed by atoms with E-state index in [0.717, 1.165) is 25.7 Å². The molecule has 0 amide bonds. The van der Waals surface area contributed by atoms with Gasteiger partial charge >= 0.3 is 11.9 Å². The largest absolute Gasteiger partial charge is 0.465 e. The van der Waals surface area contributed by atoms with Crippen LogP contribution in [0.25, 0.3) is 0 Å². The first-order valence-electron chi connectivity index (χ1n) is 11.7.